The molecule has 1 aliphatic heterocycles. The van der Waals surface area contributed by atoms with E-state index in [-0.39, 0.29) is 5.91 Å². The number of carbonyl (C=O) groups is 1. The summed E-state index contributed by atoms with van der Waals surface area (Å²) in [5, 5.41) is 5.84. The van der Waals surface area contributed by atoms with Crippen LogP contribution in [0.3, 0.4) is 0 Å². The van der Waals surface area contributed by atoms with Gasteiger partial charge in [0.15, 0.2) is 6.10 Å². The highest BCUT2D eigenvalue weighted by Gasteiger charge is 2.46. The zero-order chi connectivity index (χ0) is 14.0. The molecule has 1 fully saturated rings. The number of nitrogens with zero attached hydrogens (tertiary/aromatic N) is 1. The molecule has 1 heterocycles. The minimum Gasteiger partial charge on any atom is -0.383 e. The Bertz CT molecular complexity index is 450. The van der Waals surface area contributed by atoms with Crippen molar-refractivity contribution in [1.29, 1.82) is 0 Å². The van der Waals surface area contributed by atoms with Gasteiger partial charge in [-0.1, -0.05) is 18.2 Å². The van der Waals surface area contributed by atoms with Gasteiger partial charge in [-0.25, -0.2) is 0 Å². The number of alkyl halides is 3. The van der Waals surface area contributed by atoms with Crippen molar-refractivity contribution in [1.82, 2.24) is 4.90 Å². The van der Waals surface area contributed by atoms with Crippen LogP contribution in [0, 0.1) is 0 Å². The van der Waals surface area contributed by atoms with E-state index in [1.165, 1.54) is 4.90 Å². The van der Waals surface area contributed by atoms with Gasteiger partial charge in [0.05, 0.1) is 6.04 Å². The van der Waals surface area contributed by atoms with E-state index in [0.717, 1.165) is 0 Å². The Labute approximate surface area is 114 Å². The van der Waals surface area contributed by atoms with Crippen LogP contribution in [0.25, 0.3) is 0 Å². The number of halogens is 3. The molecule has 6 heteroatoms. The van der Waals surface area contributed by atoms with Crippen LogP contribution < -0.4 is 0 Å². The SMILES string of the molecule is O=C(c1ccccc1)N1CCCC1C(O)C(F)(F)Cl. The fraction of sp³-hybridized carbons (Fsp3) is 0.462. The standard InChI is InChI=1S/C13H14ClF2NO2/c14-13(15,16)11(18)10-7-4-8-17(10)12(19)9-5-2-1-3-6-9/h1-3,5-6,10-11,18H,4,7-8H2. The summed E-state index contributed by atoms with van der Waals surface area (Å²) in [5.41, 5.74) is 0.416. The highest BCUT2D eigenvalue weighted by Crippen LogP contribution is 2.33. The van der Waals surface area contributed by atoms with Crippen LogP contribution in [-0.4, -0.2) is 40.0 Å². The number of aliphatic hydroxyl groups excluding tert-OH is 1. The molecule has 3 nitrogen and oxygen atoms in total. The highest BCUT2D eigenvalue weighted by molar-refractivity contribution is 6.22. The molecule has 1 saturated heterocycles. The zero-order valence-corrected chi connectivity index (χ0v) is 10.9. The molecule has 0 saturated carbocycles. The molecule has 104 valence electrons. The Balaban J connectivity index is 2.18. The van der Waals surface area contributed by atoms with E-state index in [4.69, 9.17) is 11.6 Å². The molecule has 2 atom stereocenters. The lowest BCUT2D eigenvalue weighted by molar-refractivity contribution is -0.0717. The molecule has 1 aromatic carbocycles. The monoisotopic (exact) mass is 289 g/mol. The number of carbonyl (C=O) groups excluding carboxylic acids is 1. The molecule has 2 unspecified atom stereocenters. The van der Waals surface area contributed by atoms with E-state index in [9.17, 15) is 18.7 Å². The molecule has 1 N–H and O–H groups in total. The second-order valence-corrected chi connectivity index (χ2v) is 5.06. The van der Waals surface area contributed by atoms with Crippen molar-refractivity contribution in [3.05, 3.63) is 35.9 Å². The van der Waals surface area contributed by atoms with E-state index >= 15 is 0 Å². The van der Waals surface area contributed by atoms with Gasteiger partial charge in [0, 0.05) is 12.1 Å². The van der Waals surface area contributed by atoms with Crippen molar-refractivity contribution >= 4 is 17.5 Å². The lowest BCUT2D eigenvalue weighted by Crippen LogP contribution is -2.48. The van der Waals surface area contributed by atoms with Gasteiger partial charge in [-0.3, -0.25) is 4.79 Å². The minimum atomic E-state index is -3.73. The fourth-order valence-corrected chi connectivity index (χ4v) is 2.48. The summed E-state index contributed by atoms with van der Waals surface area (Å²) >= 11 is 4.86. The smallest absolute Gasteiger partial charge is 0.349 e. The van der Waals surface area contributed by atoms with E-state index in [0.29, 0.717) is 24.9 Å². The Morgan fingerprint density at radius 2 is 2.05 bits per heavy atom. The molecule has 0 bridgehead atoms. The first-order valence-electron chi connectivity index (χ1n) is 6.02. The number of benzene rings is 1. The van der Waals surface area contributed by atoms with E-state index in [1.807, 2.05) is 0 Å². The van der Waals surface area contributed by atoms with Crippen LogP contribution in [0.1, 0.15) is 23.2 Å². The molecule has 1 aromatic rings. The molecule has 0 aliphatic carbocycles. The summed E-state index contributed by atoms with van der Waals surface area (Å²) in [7, 11) is 0. The maximum Gasteiger partial charge on any atom is 0.349 e. The Hall–Kier alpha value is -1.20. The van der Waals surface area contributed by atoms with Gasteiger partial charge in [0.25, 0.3) is 5.91 Å². The third-order valence-electron chi connectivity index (χ3n) is 3.28. The summed E-state index contributed by atoms with van der Waals surface area (Å²) in [4.78, 5) is 13.5. The van der Waals surface area contributed by atoms with Crippen LogP contribution >= 0.6 is 11.6 Å². The quantitative estimate of drug-likeness (QED) is 0.869. The largest absolute Gasteiger partial charge is 0.383 e. The van der Waals surface area contributed by atoms with Crippen LogP contribution in [0.15, 0.2) is 30.3 Å². The lowest BCUT2D eigenvalue weighted by Gasteiger charge is -2.30. The number of aliphatic hydroxyl groups is 1. The minimum absolute atomic E-state index is 0.321. The van der Waals surface area contributed by atoms with E-state index < -0.39 is 17.5 Å². The first-order valence-corrected chi connectivity index (χ1v) is 6.40. The molecular formula is C13H14ClF2NO2. The van der Waals surface area contributed by atoms with Crippen LogP contribution in [0.2, 0.25) is 0 Å². The van der Waals surface area contributed by atoms with Crippen LogP contribution in [-0.2, 0) is 0 Å². The second-order valence-electron chi connectivity index (χ2n) is 4.56. The summed E-state index contributed by atoms with van der Waals surface area (Å²) < 4.78 is 26.0. The summed E-state index contributed by atoms with van der Waals surface area (Å²) in [6, 6.07) is 7.45. The second kappa shape index (κ2) is 5.43. The van der Waals surface area contributed by atoms with Crippen molar-refractivity contribution in [3.8, 4) is 0 Å². The van der Waals surface area contributed by atoms with Gasteiger partial charge in [0.2, 0.25) is 0 Å². The van der Waals surface area contributed by atoms with Crippen molar-refractivity contribution < 1.29 is 18.7 Å². The van der Waals surface area contributed by atoms with Gasteiger partial charge >= 0.3 is 5.38 Å². The average molecular weight is 290 g/mol. The number of amides is 1. The summed E-state index contributed by atoms with van der Waals surface area (Å²) in [6.07, 6.45) is -1.15. The normalized spacial score (nSPS) is 21.5. The van der Waals surface area contributed by atoms with Gasteiger partial charge in [0.1, 0.15) is 0 Å². The van der Waals surface area contributed by atoms with E-state index in [2.05, 4.69) is 0 Å². The Morgan fingerprint density at radius 1 is 1.42 bits per heavy atom. The highest BCUT2D eigenvalue weighted by atomic mass is 35.5. The number of likely N-dealkylation sites (tertiary alicyclic amines) is 1. The molecule has 0 spiro atoms. The third-order valence-corrected chi connectivity index (χ3v) is 3.50. The molecule has 19 heavy (non-hydrogen) atoms. The first-order chi connectivity index (χ1) is 8.91. The molecular weight excluding hydrogens is 276 g/mol. The number of rotatable bonds is 3. The van der Waals surface area contributed by atoms with Gasteiger partial charge in [-0.05, 0) is 36.6 Å². The molecule has 1 amide bonds. The van der Waals surface area contributed by atoms with Gasteiger partial charge in [-0.2, -0.15) is 8.78 Å². The third kappa shape index (κ3) is 3.04. The van der Waals surface area contributed by atoms with Crippen molar-refractivity contribution in [2.24, 2.45) is 0 Å². The van der Waals surface area contributed by atoms with Crippen LogP contribution in [0.5, 0.6) is 0 Å². The molecule has 0 radical (unpaired) electrons. The van der Waals surface area contributed by atoms with Crippen molar-refractivity contribution in [2.45, 2.75) is 30.4 Å². The van der Waals surface area contributed by atoms with Gasteiger partial charge < -0.3 is 10.0 Å². The predicted octanol–water partition coefficient (Wildman–Crippen LogP) is 2.48. The molecule has 0 aromatic heterocycles. The maximum atomic E-state index is 13.0. The zero-order valence-electron chi connectivity index (χ0n) is 10.1. The Kier molecular flexibility index (Phi) is 4.06. The van der Waals surface area contributed by atoms with E-state index in [1.54, 1.807) is 30.3 Å². The summed E-state index contributed by atoms with van der Waals surface area (Å²) in [6.45, 7) is 0.350. The molecule has 1 aliphatic rings. The predicted molar refractivity (Wildman–Crippen MR) is 67.3 cm³/mol. The van der Waals surface area contributed by atoms with Gasteiger partial charge in [-0.15, -0.1) is 0 Å². The van der Waals surface area contributed by atoms with Crippen LogP contribution in [0.4, 0.5) is 8.78 Å². The number of hydrogen-bond acceptors (Lipinski definition) is 2. The first kappa shape index (κ1) is 14.2. The average Bonchev–Trinajstić information content (AvgIpc) is 2.85. The summed E-state index contributed by atoms with van der Waals surface area (Å²) in [5.74, 6) is -0.358. The van der Waals surface area contributed by atoms with Crippen molar-refractivity contribution in [3.63, 3.8) is 0 Å². The lowest BCUT2D eigenvalue weighted by atomic mass is 10.1. The fourth-order valence-electron chi connectivity index (χ4n) is 2.34. The number of hydrogen-bond donors (Lipinski definition) is 1. The Morgan fingerprint density at radius 3 is 2.63 bits per heavy atom. The van der Waals surface area contributed by atoms with Crippen molar-refractivity contribution in [2.75, 3.05) is 6.54 Å². The molecule has 2 rings (SSSR count). The maximum absolute atomic E-state index is 13.0. The topological polar surface area (TPSA) is 40.5 Å².